The van der Waals surface area contributed by atoms with Gasteiger partial charge in [-0.15, -0.1) is 0 Å². The fraction of sp³-hybridized carbons (Fsp3) is 0.368. The molecule has 2 aromatic carbocycles. The maximum atomic E-state index is 12.2. The first kappa shape index (κ1) is 18.7. The Morgan fingerprint density at radius 3 is 2.44 bits per heavy atom. The highest BCUT2D eigenvalue weighted by molar-refractivity contribution is 5.99. The summed E-state index contributed by atoms with van der Waals surface area (Å²) >= 11 is 0. The van der Waals surface area contributed by atoms with Gasteiger partial charge < -0.3 is 10.6 Å². The van der Waals surface area contributed by atoms with E-state index in [4.69, 9.17) is 5.21 Å². The molecule has 2 aromatic rings. The van der Waals surface area contributed by atoms with Gasteiger partial charge in [-0.3, -0.25) is 14.8 Å². The molecule has 0 spiro atoms. The summed E-state index contributed by atoms with van der Waals surface area (Å²) in [6, 6.07) is 14.1. The Labute approximate surface area is 147 Å². The fourth-order valence-corrected chi connectivity index (χ4v) is 2.77. The normalized spacial score (nSPS) is 12.0. The van der Waals surface area contributed by atoms with Gasteiger partial charge in [-0.05, 0) is 23.8 Å². The average Bonchev–Trinajstić information content (AvgIpc) is 2.62. The predicted molar refractivity (Wildman–Crippen MR) is 98.3 cm³/mol. The number of hydrogen-bond donors (Lipinski definition) is 4. The van der Waals surface area contributed by atoms with E-state index in [1.807, 2.05) is 56.3 Å². The highest BCUT2D eigenvalue weighted by Gasteiger charge is 2.26. The molecule has 6 nitrogen and oxygen atoms in total. The van der Waals surface area contributed by atoms with Gasteiger partial charge >= 0.3 is 0 Å². The number of amides is 2. The summed E-state index contributed by atoms with van der Waals surface area (Å²) in [6.07, 6.45) is 0.384. The number of carbonyl (C=O) groups excluding carboxylic acids is 2. The highest BCUT2D eigenvalue weighted by Crippen LogP contribution is 2.22. The van der Waals surface area contributed by atoms with E-state index in [1.165, 1.54) is 0 Å². The smallest absolute Gasteiger partial charge is 0.255 e. The number of anilines is 1. The zero-order valence-corrected chi connectivity index (χ0v) is 14.6. The summed E-state index contributed by atoms with van der Waals surface area (Å²) in [4.78, 5) is 23.8. The first-order valence-electron chi connectivity index (χ1n) is 8.46. The molecule has 0 aliphatic heterocycles. The van der Waals surface area contributed by atoms with E-state index < -0.39 is 11.8 Å². The van der Waals surface area contributed by atoms with Crippen molar-refractivity contribution in [1.29, 1.82) is 0 Å². The third-order valence-electron chi connectivity index (χ3n) is 3.98. The van der Waals surface area contributed by atoms with Crippen LogP contribution in [-0.2, 0) is 9.59 Å². The van der Waals surface area contributed by atoms with Crippen molar-refractivity contribution in [3.63, 3.8) is 0 Å². The average molecular weight is 343 g/mol. The number of carbonyl (C=O) groups is 2. The van der Waals surface area contributed by atoms with Crippen molar-refractivity contribution in [2.75, 3.05) is 18.4 Å². The Bertz CT molecular complexity index is 725. The summed E-state index contributed by atoms with van der Waals surface area (Å²) in [6.45, 7) is 4.77. The largest absolute Gasteiger partial charge is 0.383 e. The van der Waals surface area contributed by atoms with Crippen LogP contribution in [0.5, 0.6) is 0 Å². The molecule has 134 valence electrons. The first-order valence-corrected chi connectivity index (χ1v) is 8.46. The van der Waals surface area contributed by atoms with Crippen LogP contribution in [0.25, 0.3) is 10.8 Å². The van der Waals surface area contributed by atoms with Crippen LogP contribution in [-0.4, -0.2) is 30.1 Å². The van der Waals surface area contributed by atoms with Gasteiger partial charge in [0.15, 0.2) is 0 Å². The van der Waals surface area contributed by atoms with Gasteiger partial charge in [0, 0.05) is 24.2 Å². The van der Waals surface area contributed by atoms with Crippen LogP contribution in [0.1, 0.15) is 20.3 Å². The van der Waals surface area contributed by atoms with Crippen LogP contribution in [0, 0.1) is 11.8 Å². The number of nitrogens with one attached hydrogen (secondary N) is 3. The molecule has 0 fully saturated rings. The summed E-state index contributed by atoms with van der Waals surface area (Å²) in [5, 5.41) is 17.1. The lowest BCUT2D eigenvalue weighted by molar-refractivity contribution is -0.141. The van der Waals surface area contributed by atoms with Crippen molar-refractivity contribution in [3.8, 4) is 0 Å². The molecule has 0 saturated heterocycles. The molecule has 0 radical (unpaired) electrons. The lowest BCUT2D eigenvalue weighted by atomic mass is 9.95. The van der Waals surface area contributed by atoms with Crippen LogP contribution in [0.3, 0.4) is 0 Å². The van der Waals surface area contributed by atoms with E-state index in [0.717, 1.165) is 16.5 Å². The van der Waals surface area contributed by atoms with E-state index in [-0.39, 0.29) is 11.8 Å². The molecule has 25 heavy (non-hydrogen) atoms. The van der Waals surface area contributed by atoms with Crippen molar-refractivity contribution >= 4 is 28.3 Å². The summed E-state index contributed by atoms with van der Waals surface area (Å²) in [7, 11) is 0. The van der Waals surface area contributed by atoms with E-state index >= 15 is 0 Å². The van der Waals surface area contributed by atoms with Crippen LogP contribution < -0.4 is 16.1 Å². The molecule has 1 atom stereocenters. The maximum Gasteiger partial charge on any atom is 0.255 e. The van der Waals surface area contributed by atoms with E-state index in [2.05, 4.69) is 10.6 Å². The minimum atomic E-state index is -0.887. The molecule has 0 heterocycles. The minimum absolute atomic E-state index is 0.168. The van der Waals surface area contributed by atoms with Gasteiger partial charge in [0.2, 0.25) is 5.91 Å². The minimum Gasteiger partial charge on any atom is -0.383 e. The SMILES string of the molecule is CC(C)CC(C(=O)NO)C(=O)NCCNc1cccc2ccccc12. The maximum absolute atomic E-state index is 12.2. The number of hydroxylamine groups is 1. The van der Waals surface area contributed by atoms with Crippen molar-refractivity contribution in [1.82, 2.24) is 10.8 Å². The summed E-state index contributed by atoms with van der Waals surface area (Å²) in [5.41, 5.74) is 2.57. The van der Waals surface area contributed by atoms with E-state index in [9.17, 15) is 9.59 Å². The fourth-order valence-electron chi connectivity index (χ4n) is 2.77. The van der Waals surface area contributed by atoms with Crippen LogP contribution in [0.15, 0.2) is 42.5 Å². The van der Waals surface area contributed by atoms with Gasteiger partial charge in [0.1, 0.15) is 5.92 Å². The first-order chi connectivity index (χ1) is 12.0. The molecule has 2 rings (SSSR count). The van der Waals surface area contributed by atoms with Gasteiger partial charge in [0.05, 0.1) is 0 Å². The quantitative estimate of drug-likeness (QED) is 0.257. The number of hydrogen-bond acceptors (Lipinski definition) is 4. The van der Waals surface area contributed by atoms with Gasteiger partial charge in [-0.1, -0.05) is 50.2 Å². The van der Waals surface area contributed by atoms with Gasteiger partial charge in [-0.25, -0.2) is 5.48 Å². The third kappa shape index (κ3) is 5.19. The molecule has 0 aliphatic carbocycles. The van der Waals surface area contributed by atoms with Crippen LogP contribution >= 0.6 is 0 Å². The van der Waals surface area contributed by atoms with Crippen molar-refractivity contribution in [2.24, 2.45) is 11.8 Å². The number of fused-ring (bicyclic) bond motifs is 1. The second-order valence-electron chi connectivity index (χ2n) is 6.40. The third-order valence-corrected chi connectivity index (χ3v) is 3.98. The van der Waals surface area contributed by atoms with Crippen molar-refractivity contribution in [2.45, 2.75) is 20.3 Å². The Morgan fingerprint density at radius 2 is 1.72 bits per heavy atom. The zero-order chi connectivity index (χ0) is 18.2. The molecule has 6 heteroatoms. The van der Waals surface area contributed by atoms with Gasteiger partial charge in [0.25, 0.3) is 5.91 Å². The predicted octanol–water partition coefficient (Wildman–Crippen LogP) is 2.54. The second kappa shape index (κ2) is 9.03. The number of benzene rings is 2. The summed E-state index contributed by atoms with van der Waals surface area (Å²) in [5.74, 6) is -1.77. The second-order valence-corrected chi connectivity index (χ2v) is 6.40. The molecular formula is C19H25N3O3. The summed E-state index contributed by atoms with van der Waals surface area (Å²) < 4.78 is 0. The van der Waals surface area contributed by atoms with E-state index in [1.54, 1.807) is 5.48 Å². The zero-order valence-electron chi connectivity index (χ0n) is 14.6. The standard InChI is InChI=1S/C19H25N3O3/c1-13(2)12-16(19(24)22-25)18(23)21-11-10-20-17-9-5-7-14-6-3-4-8-15(14)17/h3-9,13,16,20,25H,10-12H2,1-2H3,(H,21,23)(H,22,24). The molecular weight excluding hydrogens is 318 g/mol. The lowest BCUT2D eigenvalue weighted by Crippen LogP contribution is -2.42. The van der Waals surface area contributed by atoms with Crippen molar-refractivity contribution in [3.05, 3.63) is 42.5 Å². The van der Waals surface area contributed by atoms with E-state index in [0.29, 0.717) is 19.5 Å². The molecule has 0 bridgehead atoms. The molecule has 4 N–H and O–H groups in total. The highest BCUT2D eigenvalue weighted by atomic mass is 16.5. The van der Waals surface area contributed by atoms with Crippen molar-refractivity contribution < 1.29 is 14.8 Å². The molecule has 0 aliphatic rings. The Balaban J connectivity index is 1.89. The van der Waals surface area contributed by atoms with Gasteiger partial charge in [-0.2, -0.15) is 0 Å². The molecule has 2 amide bonds. The monoisotopic (exact) mass is 343 g/mol. The van der Waals surface area contributed by atoms with Crippen LogP contribution in [0.4, 0.5) is 5.69 Å². The Hall–Kier alpha value is -2.60. The Kier molecular flexibility index (Phi) is 6.77. The van der Waals surface area contributed by atoms with Crippen LogP contribution in [0.2, 0.25) is 0 Å². The number of rotatable bonds is 8. The Morgan fingerprint density at radius 1 is 1.00 bits per heavy atom. The molecule has 0 saturated carbocycles. The molecule has 1 unspecified atom stereocenters. The molecule has 0 aromatic heterocycles. The topological polar surface area (TPSA) is 90.5 Å². The lowest BCUT2D eigenvalue weighted by Gasteiger charge is -2.17.